The first kappa shape index (κ1) is 14.8. The molecule has 1 aromatic carbocycles. The lowest BCUT2D eigenvalue weighted by atomic mass is 10.1. The van der Waals surface area contributed by atoms with Crippen LogP contribution in [0.15, 0.2) is 29.2 Å². The van der Waals surface area contributed by atoms with E-state index in [1.54, 1.807) is 19.9 Å². The Bertz CT molecular complexity index is 516. The molecule has 0 bridgehead atoms. The third-order valence-corrected chi connectivity index (χ3v) is 3.85. The number of sulfone groups is 1. The van der Waals surface area contributed by atoms with Gasteiger partial charge in [-0.3, -0.25) is 0 Å². The molecule has 0 aliphatic carbocycles. The Morgan fingerprint density at radius 1 is 1.33 bits per heavy atom. The van der Waals surface area contributed by atoms with Crippen LogP contribution < -0.4 is 11.1 Å². The maximum Gasteiger partial charge on any atom is 0.341 e. The molecule has 4 nitrogen and oxygen atoms in total. The van der Waals surface area contributed by atoms with Crippen molar-refractivity contribution in [1.82, 2.24) is 0 Å². The van der Waals surface area contributed by atoms with Gasteiger partial charge in [-0.2, -0.15) is 8.78 Å². The van der Waals surface area contributed by atoms with Crippen molar-refractivity contribution in [2.45, 2.75) is 30.0 Å². The summed E-state index contributed by atoms with van der Waals surface area (Å²) in [4.78, 5) is -0.415. The topological polar surface area (TPSA) is 72.2 Å². The minimum atomic E-state index is -4.62. The van der Waals surface area contributed by atoms with Crippen LogP contribution >= 0.6 is 0 Å². The van der Waals surface area contributed by atoms with Crippen molar-refractivity contribution in [3.8, 4) is 0 Å². The summed E-state index contributed by atoms with van der Waals surface area (Å²) in [6.45, 7) is 3.73. The normalized spacial score (nSPS) is 12.8. The zero-order valence-electron chi connectivity index (χ0n) is 10.2. The fourth-order valence-corrected chi connectivity index (χ4v) is 2.22. The fraction of sp³-hybridized carbons (Fsp3) is 0.455. The summed E-state index contributed by atoms with van der Waals surface area (Å²) < 4.78 is 48.1. The van der Waals surface area contributed by atoms with Gasteiger partial charge in [0, 0.05) is 12.1 Å². The average molecular weight is 278 g/mol. The van der Waals surface area contributed by atoms with Crippen molar-refractivity contribution in [3.63, 3.8) is 0 Å². The molecule has 0 aliphatic rings. The maximum absolute atomic E-state index is 12.6. The average Bonchev–Trinajstić information content (AvgIpc) is 2.29. The van der Waals surface area contributed by atoms with Crippen LogP contribution in [0.25, 0.3) is 0 Å². The number of hydrogen-bond donors (Lipinski definition) is 2. The second-order valence-corrected chi connectivity index (χ2v) is 6.40. The zero-order valence-corrected chi connectivity index (χ0v) is 11.0. The number of nitrogens with two attached hydrogens (primary N) is 1. The van der Waals surface area contributed by atoms with Crippen molar-refractivity contribution in [2.24, 2.45) is 5.73 Å². The van der Waals surface area contributed by atoms with E-state index in [0.717, 1.165) is 6.07 Å². The Kier molecular flexibility index (Phi) is 4.28. The molecular weight excluding hydrogens is 262 g/mol. The van der Waals surface area contributed by atoms with E-state index in [1.165, 1.54) is 12.1 Å². The Balaban J connectivity index is 3.24. The van der Waals surface area contributed by atoms with Gasteiger partial charge in [0.15, 0.2) is 0 Å². The minimum absolute atomic E-state index is 0.133. The quantitative estimate of drug-likeness (QED) is 0.862. The van der Waals surface area contributed by atoms with Crippen LogP contribution in [-0.2, 0) is 9.84 Å². The van der Waals surface area contributed by atoms with Crippen LogP contribution in [0.3, 0.4) is 0 Å². The van der Waals surface area contributed by atoms with Crippen molar-refractivity contribution < 1.29 is 17.2 Å². The van der Waals surface area contributed by atoms with Gasteiger partial charge < -0.3 is 11.1 Å². The van der Waals surface area contributed by atoms with Gasteiger partial charge >= 0.3 is 5.76 Å². The lowest BCUT2D eigenvalue weighted by Gasteiger charge is -2.26. The second-order valence-electron chi connectivity index (χ2n) is 4.51. The smallest absolute Gasteiger partial charge is 0.341 e. The van der Waals surface area contributed by atoms with Crippen LogP contribution in [0.1, 0.15) is 13.8 Å². The van der Waals surface area contributed by atoms with Gasteiger partial charge in [-0.1, -0.05) is 12.1 Å². The molecule has 0 aliphatic heterocycles. The Morgan fingerprint density at radius 2 is 1.89 bits per heavy atom. The summed E-state index contributed by atoms with van der Waals surface area (Å²) in [5.41, 5.74) is 5.06. The molecule has 7 heteroatoms. The first-order valence-corrected chi connectivity index (χ1v) is 6.85. The Morgan fingerprint density at radius 3 is 2.39 bits per heavy atom. The number of para-hydroxylation sites is 1. The van der Waals surface area contributed by atoms with E-state index < -0.39 is 26.0 Å². The number of halogens is 2. The molecule has 0 amide bonds. The molecule has 0 aromatic heterocycles. The van der Waals surface area contributed by atoms with E-state index in [-0.39, 0.29) is 12.2 Å². The molecule has 0 saturated carbocycles. The minimum Gasteiger partial charge on any atom is -0.378 e. The highest BCUT2D eigenvalue weighted by atomic mass is 32.2. The van der Waals surface area contributed by atoms with Crippen LogP contribution in [0.5, 0.6) is 0 Å². The summed E-state index contributed by atoms with van der Waals surface area (Å²) in [5, 5.41) is 2.86. The van der Waals surface area contributed by atoms with Crippen molar-refractivity contribution in [3.05, 3.63) is 24.3 Å². The standard InChI is InChI=1S/C11H16F2N2O2S/c1-11(2,7-14)15-8-5-3-4-6-9(8)18(16,17)10(12)13/h3-6,10,15H,7,14H2,1-2H3. The zero-order chi connectivity index (χ0) is 14.0. The van der Waals surface area contributed by atoms with E-state index in [0.29, 0.717) is 0 Å². The van der Waals surface area contributed by atoms with Gasteiger partial charge in [0.25, 0.3) is 0 Å². The van der Waals surface area contributed by atoms with Gasteiger partial charge in [-0.05, 0) is 26.0 Å². The largest absolute Gasteiger partial charge is 0.378 e. The van der Waals surface area contributed by atoms with E-state index in [4.69, 9.17) is 5.73 Å². The number of hydrogen-bond acceptors (Lipinski definition) is 4. The first-order valence-electron chi connectivity index (χ1n) is 5.30. The molecule has 1 rings (SSSR count). The lowest BCUT2D eigenvalue weighted by molar-refractivity contribution is 0.235. The first-order chi connectivity index (χ1) is 8.20. The van der Waals surface area contributed by atoms with Crippen molar-refractivity contribution in [2.75, 3.05) is 11.9 Å². The van der Waals surface area contributed by atoms with E-state index >= 15 is 0 Å². The molecule has 18 heavy (non-hydrogen) atoms. The van der Waals surface area contributed by atoms with Crippen LogP contribution in [-0.4, -0.2) is 26.3 Å². The number of benzene rings is 1. The van der Waals surface area contributed by atoms with Gasteiger partial charge in [0.1, 0.15) is 0 Å². The third kappa shape index (κ3) is 3.17. The molecule has 0 fully saturated rings. The number of nitrogens with one attached hydrogen (secondary N) is 1. The van der Waals surface area contributed by atoms with Crippen molar-refractivity contribution in [1.29, 1.82) is 0 Å². The molecule has 3 N–H and O–H groups in total. The molecule has 0 atom stereocenters. The maximum atomic E-state index is 12.6. The SMILES string of the molecule is CC(C)(CN)Nc1ccccc1S(=O)(=O)C(F)F. The third-order valence-electron chi connectivity index (χ3n) is 2.41. The molecule has 0 saturated heterocycles. The van der Waals surface area contributed by atoms with Crippen LogP contribution in [0, 0.1) is 0 Å². The van der Waals surface area contributed by atoms with Crippen LogP contribution in [0.4, 0.5) is 14.5 Å². The highest BCUT2D eigenvalue weighted by molar-refractivity contribution is 7.91. The number of anilines is 1. The fourth-order valence-electron chi connectivity index (χ4n) is 1.33. The Hall–Kier alpha value is -1.21. The van der Waals surface area contributed by atoms with E-state index in [9.17, 15) is 17.2 Å². The highest BCUT2D eigenvalue weighted by Crippen LogP contribution is 2.27. The molecule has 0 unspecified atom stereocenters. The number of rotatable bonds is 5. The van der Waals surface area contributed by atoms with Gasteiger partial charge in [0.05, 0.1) is 10.6 Å². The molecule has 102 valence electrons. The second kappa shape index (κ2) is 5.19. The Labute approximate surface area is 105 Å². The van der Waals surface area contributed by atoms with Gasteiger partial charge in [0.2, 0.25) is 9.84 Å². The predicted molar refractivity (Wildman–Crippen MR) is 66.4 cm³/mol. The summed E-state index contributed by atoms with van der Waals surface area (Å²) in [7, 11) is -4.62. The number of alkyl halides is 2. The summed E-state index contributed by atoms with van der Waals surface area (Å²) in [6, 6.07) is 5.55. The van der Waals surface area contributed by atoms with E-state index in [2.05, 4.69) is 5.32 Å². The summed E-state index contributed by atoms with van der Waals surface area (Å²) in [6.07, 6.45) is 0. The monoisotopic (exact) mass is 278 g/mol. The van der Waals surface area contributed by atoms with Gasteiger partial charge in [-0.15, -0.1) is 0 Å². The summed E-state index contributed by atoms with van der Waals surface area (Å²) in [5.74, 6) is -3.44. The molecule has 0 heterocycles. The lowest BCUT2D eigenvalue weighted by Crippen LogP contribution is -2.39. The van der Waals surface area contributed by atoms with E-state index in [1.807, 2.05) is 0 Å². The van der Waals surface area contributed by atoms with Gasteiger partial charge in [-0.25, -0.2) is 8.42 Å². The van der Waals surface area contributed by atoms with Crippen LogP contribution in [0.2, 0.25) is 0 Å². The molecule has 0 spiro atoms. The highest BCUT2D eigenvalue weighted by Gasteiger charge is 2.30. The summed E-state index contributed by atoms with van der Waals surface area (Å²) >= 11 is 0. The predicted octanol–water partition coefficient (Wildman–Crippen LogP) is 1.83. The molecule has 1 aromatic rings. The molecular formula is C11H16F2N2O2S. The molecule has 0 radical (unpaired) electrons. The van der Waals surface area contributed by atoms with Crippen molar-refractivity contribution >= 4 is 15.5 Å².